The lowest BCUT2D eigenvalue weighted by atomic mass is 9.38. The van der Waals surface area contributed by atoms with E-state index in [1.807, 2.05) is 12.1 Å². The molecule has 5 nitrogen and oxygen atoms in total. The number of hydrogen-bond donors (Lipinski definition) is 1. The van der Waals surface area contributed by atoms with Crippen molar-refractivity contribution in [1.82, 2.24) is 10.3 Å². The van der Waals surface area contributed by atoms with E-state index in [2.05, 4.69) is 17.2 Å². The number of ketones is 1. The molecule has 1 N–H and O–H groups in total. The predicted molar refractivity (Wildman–Crippen MR) is 112 cm³/mol. The second-order valence-corrected chi connectivity index (χ2v) is 9.04. The number of nitrogens with one attached hydrogen (secondary N) is 1. The van der Waals surface area contributed by atoms with Crippen molar-refractivity contribution in [2.24, 2.45) is 5.41 Å². The number of Topliss-reactive ketones (excluding diaryl/α,β-unsaturated/α-hetero) is 1. The number of aromatic nitrogens is 1. The molecule has 0 atom stereocenters. The van der Waals surface area contributed by atoms with Gasteiger partial charge in [0.2, 0.25) is 0 Å². The van der Waals surface area contributed by atoms with Crippen LogP contribution in [-0.2, 0) is 11.2 Å². The van der Waals surface area contributed by atoms with Gasteiger partial charge in [0.25, 0.3) is 5.91 Å². The first-order chi connectivity index (χ1) is 13.8. The molecular weight excluding hydrogens is 411 g/mol. The molecule has 0 radical (unpaired) electrons. The Balaban J connectivity index is 1.24. The van der Waals surface area contributed by atoms with Crippen LogP contribution in [0.5, 0.6) is 5.75 Å². The van der Waals surface area contributed by atoms with Crippen LogP contribution < -0.4 is 10.1 Å². The Hall–Kier alpha value is -2.11. The molecule has 0 aliphatic heterocycles. The number of rotatable bonds is 8. The summed E-state index contributed by atoms with van der Waals surface area (Å²) in [4.78, 5) is 29.1. The molecule has 1 aromatic carbocycles. The van der Waals surface area contributed by atoms with Crippen LogP contribution in [0.25, 0.3) is 0 Å². The molecule has 1 heterocycles. The summed E-state index contributed by atoms with van der Waals surface area (Å²) in [6.45, 7) is 1.97. The van der Waals surface area contributed by atoms with Gasteiger partial charge >= 0.3 is 0 Å². The zero-order chi connectivity index (χ0) is 20.6. The number of carbonyl (C=O) groups excluding carboxylic acids is 2. The summed E-state index contributed by atoms with van der Waals surface area (Å²) < 4.78 is 5.49. The fraction of sp³-hybridized carbons (Fsp3) is 0.409. The van der Waals surface area contributed by atoms with E-state index >= 15 is 0 Å². The third kappa shape index (κ3) is 4.12. The van der Waals surface area contributed by atoms with Gasteiger partial charge < -0.3 is 10.1 Å². The molecule has 3 aliphatic carbocycles. The Morgan fingerprint density at radius 2 is 1.90 bits per heavy atom. The average Bonchev–Trinajstić information content (AvgIpc) is 2.66. The van der Waals surface area contributed by atoms with Crippen LogP contribution >= 0.6 is 23.2 Å². The van der Waals surface area contributed by atoms with Crippen molar-refractivity contribution in [1.29, 1.82) is 0 Å². The van der Waals surface area contributed by atoms with Crippen molar-refractivity contribution in [3.8, 4) is 5.75 Å². The predicted octanol–water partition coefficient (Wildman–Crippen LogP) is 4.64. The molecule has 0 unspecified atom stereocenters. The van der Waals surface area contributed by atoms with Gasteiger partial charge in [0.15, 0.2) is 12.4 Å². The molecule has 1 amide bonds. The molecule has 3 fully saturated rings. The van der Waals surface area contributed by atoms with Crippen LogP contribution in [0.1, 0.15) is 48.7 Å². The number of halogens is 2. The number of carbonyl (C=O) groups is 2. The first kappa shape index (κ1) is 20.2. The minimum absolute atomic E-state index is 0.0127. The van der Waals surface area contributed by atoms with Gasteiger partial charge in [0, 0.05) is 24.2 Å². The lowest BCUT2D eigenvalue weighted by Gasteiger charge is -2.70. The summed E-state index contributed by atoms with van der Waals surface area (Å²) in [5.74, 6) is 0.409. The highest BCUT2D eigenvalue weighted by atomic mass is 35.5. The minimum Gasteiger partial charge on any atom is -0.484 e. The Morgan fingerprint density at radius 1 is 1.14 bits per heavy atom. The van der Waals surface area contributed by atoms with Gasteiger partial charge in [0.1, 0.15) is 11.4 Å². The van der Waals surface area contributed by atoms with Gasteiger partial charge in [0.05, 0.1) is 10.0 Å². The number of pyridine rings is 1. The molecule has 0 saturated heterocycles. The van der Waals surface area contributed by atoms with Gasteiger partial charge in [-0.25, -0.2) is 0 Å². The summed E-state index contributed by atoms with van der Waals surface area (Å²) in [6, 6.07) is 8.70. The van der Waals surface area contributed by atoms with Crippen molar-refractivity contribution in [3.63, 3.8) is 0 Å². The standard InChI is InChI=1S/C22H22Cl2N2O3/c1-2-14-5-6-25-18(7-14)19(27)9-21-11-22(12-21,13-21)26-20(28)10-29-15-3-4-16(23)17(24)8-15/h3-8H,2,9-13H2,1H3,(H,26,28). The Labute approximate surface area is 179 Å². The first-order valence-corrected chi connectivity index (χ1v) is 10.4. The molecule has 152 valence electrons. The molecular formula is C22H22Cl2N2O3. The highest BCUT2D eigenvalue weighted by molar-refractivity contribution is 6.42. The van der Waals surface area contributed by atoms with Crippen molar-refractivity contribution in [2.75, 3.05) is 6.61 Å². The van der Waals surface area contributed by atoms with Crippen LogP contribution in [0, 0.1) is 5.41 Å². The third-order valence-corrected chi connectivity index (χ3v) is 6.60. The van der Waals surface area contributed by atoms with Gasteiger partial charge in [-0.2, -0.15) is 0 Å². The third-order valence-electron chi connectivity index (χ3n) is 5.86. The Morgan fingerprint density at radius 3 is 2.59 bits per heavy atom. The molecule has 29 heavy (non-hydrogen) atoms. The van der Waals surface area contributed by atoms with Gasteiger partial charge in [-0.1, -0.05) is 30.1 Å². The van der Waals surface area contributed by atoms with Crippen LogP contribution in [0.3, 0.4) is 0 Å². The molecule has 3 saturated carbocycles. The van der Waals surface area contributed by atoms with E-state index in [9.17, 15) is 9.59 Å². The van der Waals surface area contributed by atoms with E-state index in [-0.39, 0.29) is 29.3 Å². The molecule has 2 bridgehead atoms. The molecule has 5 rings (SSSR count). The van der Waals surface area contributed by atoms with E-state index < -0.39 is 0 Å². The van der Waals surface area contributed by atoms with Crippen molar-refractivity contribution in [2.45, 2.75) is 44.6 Å². The maximum atomic E-state index is 12.6. The topological polar surface area (TPSA) is 68.3 Å². The quantitative estimate of drug-likeness (QED) is 0.616. The van der Waals surface area contributed by atoms with Crippen LogP contribution in [0.4, 0.5) is 0 Å². The monoisotopic (exact) mass is 432 g/mol. The maximum Gasteiger partial charge on any atom is 0.258 e. The summed E-state index contributed by atoms with van der Waals surface area (Å²) in [7, 11) is 0. The fourth-order valence-electron chi connectivity index (χ4n) is 4.64. The number of amides is 1. The van der Waals surface area contributed by atoms with Crippen molar-refractivity contribution >= 4 is 34.9 Å². The highest BCUT2D eigenvalue weighted by Crippen LogP contribution is 2.69. The van der Waals surface area contributed by atoms with E-state index in [0.717, 1.165) is 31.2 Å². The van der Waals surface area contributed by atoms with Crippen molar-refractivity contribution in [3.05, 3.63) is 57.8 Å². The second kappa shape index (κ2) is 7.62. The fourth-order valence-corrected chi connectivity index (χ4v) is 4.93. The second-order valence-electron chi connectivity index (χ2n) is 8.23. The number of hydrogen-bond acceptors (Lipinski definition) is 4. The van der Waals surface area contributed by atoms with E-state index in [1.54, 1.807) is 24.4 Å². The Kier molecular flexibility index (Phi) is 5.30. The van der Waals surface area contributed by atoms with Crippen LogP contribution in [-0.4, -0.2) is 28.8 Å². The highest BCUT2D eigenvalue weighted by Gasteiger charge is 2.68. The molecule has 0 spiro atoms. The summed E-state index contributed by atoms with van der Waals surface area (Å²) in [5, 5.41) is 3.88. The maximum absolute atomic E-state index is 12.6. The van der Waals surface area contributed by atoms with E-state index in [0.29, 0.717) is 27.9 Å². The molecule has 1 aromatic heterocycles. The largest absolute Gasteiger partial charge is 0.484 e. The Bertz CT molecular complexity index is 957. The lowest BCUT2D eigenvalue weighted by molar-refractivity contribution is -0.164. The summed E-state index contributed by atoms with van der Waals surface area (Å²) in [5.41, 5.74) is 1.49. The van der Waals surface area contributed by atoms with Gasteiger partial charge in [-0.3, -0.25) is 14.6 Å². The van der Waals surface area contributed by atoms with Crippen molar-refractivity contribution < 1.29 is 14.3 Å². The summed E-state index contributed by atoms with van der Waals surface area (Å²) >= 11 is 11.8. The number of aryl methyl sites for hydroxylation is 1. The smallest absolute Gasteiger partial charge is 0.258 e. The lowest BCUT2D eigenvalue weighted by Crippen LogP contribution is -2.75. The van der Waals surface area contributed by atoms with E-state index in [4.69, 9.17) is 27.9 Å². The molecule has 7 heteroatoms. The van der Waals surface area contributed by atoms with Crippen LogP contribution in [0.2, 0.25) is 10.0 Å². The molecule has 3 aliphatic rings. The first-order valence-electron chi connectivity index (χ1n) is 9.69. The normalized spacial score (nSPS) is 24.2. The average molecular weight is 433 g/mol. The number of nitrogens with zero attached hydrogens (tertiary/aromatic N) is 1. The minimum atomic E-state index is -0.183. The van der Waals surface area contributed by atoms with Gasteiger partial charge in [-0.05, 0) is 60.9 Å². The zero-order valence-corrected chi connectivity index (χ0v) is 17.6. The SMILES string of the molecule is CCc1ccnc(C(=O)CC23CC(NC(=O)COc4ccc(Cl)c(Cl)c4)(C2)C3)c1. The van der Waals surface area contributed by atoms with E-state index in [1.165, 1.54) is 0 Å². The molecule has 2 aromatic rings. The summed E-state index contributed by atoms with van der Waals surface area (Å²) in [6.07, 6.45) is 5.56. The number of benzene rings is 1. The van der Waals surface area contributed by atoms with Gasteiger partial charge in [-0.15, -0.1) is 0 Å². The van der Waals surface area contributed by atoms with Crippen LogP contribution in [0.15, 0.2) is 36.5 Å². The number of ether oxygens (including phenoxy) is 1. The zero-order valence-electron chi connectivity index (χ0n) is 16.1.